The van der Waals surface area contributed by atoms with Crippen molar-refractivity contribution in [3.8, 4) is 0 Å². The van der Waals surface area contributed by atoms with E-state index in [4.69, 9.17) is 5.73 Å². The van der Waals surface area contributed by atoms with Gasteiger partial charge in [-0.15, -0.1) is 0 Å². The molecular formula is C15H24N4O. The van der Waals surface area contributed by atoms with Gasteiger partial charge in [0.05, 0.1) is 0 Å². The lowest BCUT2D eigenvalue weighted by Gasteiger charge is -2.30. The number of carbonyl (C=O) groups excluding carboxylic acids is 1. The molecule has 3 N–H and O–H groups in total. The number of rotatable bonds is 6. The normalized spacial score (nSPS) is 17.1. The van der Waals surface area contributed by atoms with Crippen LogP contribution >= 0.6 is 0 Å². The van der Waals surface area contributed by atoms with Crippen LogP contribution in [-0.2, 0) is 11.3 Å². The van der Waals surface area contributed by atoms with Crippen LogP contribution in [0, 0.1) is 5.92 Å². The van der Waals surface area contributed by atoms with Gasteiger partial charge in [0.15, 0.2) is 0 Å². The van der Waals surface area contributed by atoms with E-state index in [1.165, 1.54) is 5.56 Å². The quantitative estimate of drug-likeness (QED) is 0.828. The molecule has 1 aromatic heterocycles. The average molecular weight is 276 g/mol. The molecule has 2 rings (SSSR count). The second-order valence-electron chi connectivity index (χ2n) is 5.43. The summed E-state index contributed by atoms with van der Waals surface area (Å²) in [7, 11) is 0. The zero-order chi connectivity index (χ0) is 14.4. The van der Waals surface area contributed by atoms with Gasteiger partial charge in [-0.3, -0.25) is 9.69 Å². The summed E-state index contributed by atoms with van der Waals surface area (Å²) < 4.78 is 0. The zero-order valence-corrected chi connectivity index (χ0v) is 12.1. The maximum absolute atomic E-state index is 11.2. The van der Waals surface area contributed by atoms with Crippen LogP contribution in [0.2, 0.25) is 0 Å². The number of likely N-dealkylation sites (tertiary alicyclic amines) is 1. The third kappa shape index (κ3) is 4.20. The molecule has 2 heterocycles. The summed E-state index contributed by atoms with van der Waals surface area (Å²) in [6, 6.07) is 4.16. The van der Waals surface area contributed by atoms with Gasteiger partial charge < -0.3 is 11.1 Å². The predicted molar refractivity (Wildman–Crippen MR) is 80.2 cm³/mol. The molecule has 1 fully saturated rings. The molecule has 1 amide bonds. The molecule has 5 heteroatoms. The van der Waals surface area contributed by atoms with E-state index in [0.717, 1.165) is 51.3 Å². The zero-order valence-electron chi connectivity index (χ0n) is 12.1. The highest BCUT2D eigenvalue weighted by atomic mass is 16.1. The van der Waals surface area contributed by atoms with Crippen molar-refractivity contribution in [2.24, 2.45) is 11.7 Å². The lowest BCUT2D eigenvalue weighted by Crippen LogP contribution is -2.38. The molecule has 0 bridgehead atoms. The largest absolute Gasteiger partial charge is 0.370 e. The Hall–Kier alpha value is -1.62. The number of hydrogen-bond donors (Lipinski definition) is 2. The average Bonchev–Trinajstić information content (AvgIpc) is 2.46. The summed E-state index contributed by atoms with van der Waals surface area (Å²) in [6.07, 6.45) is 4.69. The first-order chi connectivity index (χ1) is 9.69. The minimum Gasteiger partial charge on any atom is -0.370 e. The van der Waals surface area contributed by atoms with Crippen LogP contribution in [0.15, 0.2) is 18.3 Å². The molecule has 1 aromatic rings. The molecule has 20 heavy (non-hydrogen) atoms. The predicted octanol–water partition coefficient (Wildman–Crippen LogP) is 1.60. The molecule has 1 aliphatic heterocycles. The van der Waals surface area contributed by atoms with E-state index in [2.05, 4.69) is 34.3 Å². The Kier molecular flexibility index (Phi) is 5.35. The van der Waals surface area contributed by atoms with Gasteiger partial charge in [-0.1, -0.05) is 6.92 Å². The van der Waals surface area contributed by atoms with Crippen molar-refractivity contribution in [3.63, 3.8) is 0 Å². The highest BCUT2D eigenvalue weighted by Gasteiger charge is 2.22. The van der Waals surface area contributed by atoms with Crippen LogP contribution in [0.1, 0.15) is 31.7 Å². The van der Waals surface area contributed by atoms with E-state index >= 15 is 0 Å². The minimum atomic E-state index is -0.153. The topological polar surface area (TPSA) is 71.2 Å². The Morgan fingerprint density at radius 2 is 2.25 bits per heavy atom. The molecular weight excluding hydrogens is 252 g/mol. The number of amides is 1. The van der Waals surface area contributed by atoms with Crippen LogP contribution in [-0.4, -0.2) is 35.4 Å². The molecule has 0 saturated carbocycles. The Morgan fingerprint density at radius 1 is 1.50 bits per heavy atom. The first-order valence-electron chi connectivity index (χ1n) is 7.39. The fourth-order valence-electron chi connectivity index (χ4n) is 2.56. The summed E-state index contributed by atoms with van der Waals surface area (Å²) in [5.74, 6) is 0.849. The van der Waals surface area contributed by atoms with Gasteiger partial charge in [0.2, 0.25) is 5.91 Å². The number of nitrogens with one attached hydrogen (secondary N) is 1. The van der Waals surface area contributed by atoms with E-state index in [9.17, 15) is 4.79 Å². The Bertz CT molecular complexity index is 441. The van der Waals surface area contributed by atoms with Gasteiger partial charge in [-0.25, -0.2) is 4.98 Å². The van der Waals surface area contributed by atoms with Crippen LogP contribution in [0.4, 0.5) is 5.82 Å². The van der Waals surface area contributed by atoms with Crippen LogP contribution in [0.5, 0.6) is 0 Å². The SMILES string of the molecule is CCCNc1cc(CN2CCC(C(N)=O)CC2)ccn1. The van der Waals surface area contributed by atoms with Gasteiger partial charge in [0.1, 0.15) is 5.82 Å². The first-order valence-corrected chi connectivity index (χ1v) is 7.39. The molecule has 110 valence electrons. The van der Waals surface area contributed by atoms with Crippen molar-refractivity contribution in [2.75, 3.05) is 25.0 Å². The van der Waals surface area contributed by atoms with Crippen molar-refractivity contribution < 1.29 is 4.79 Å². The van der Waals surface area contributed by atoms with Gasteiger partial charge in [0, 0.05) is 25.2 Å². The molecule has 5 nitrogen and oxygen atoms in total. The van der Waals surface area contributed by atoms with Crippen molar-refractivity contribution in [1.82, 2.24) is 9.88 Å². The molecule has 0 radical (unpaired) electrons. The van der Waals surface area contributed by atoms with Gasteiger partial charge >= 0.3 is 0 Å². The molecule has 0 unspecified atom stereocenters. The van der Waals surface area contributed by atoms with Gasteiger partial charge in [-0.2, -0.15) is 0 Å². The molecule has 0 aromatic carbocycles. The Balaban J connectivity index is 1.86. The fourth-order valence-corrected chi connectivity index (χ4v) is 2.56. The maximum atomic E-state index is 11.2. The van der Waals surface area contributed by atoms with Crippen molar-refractivity contribution >= 4 is 11.7 Å². The third-order valence-corrected chi connectivity index (χ3v) is 3.78. The number of anilines is 1. The van der Waals surface area contributed by atoms with E-state index in [1.54, 1.807) is 0 Å². The Morgan fingerprint density at radius 3 is 2.90 bits per heavy atom. The first kappa shape index (κ1) is 14.8. The van der Waals surface area contributed by atoms with Crippen LogP contribution < -0.4 is 11.1 Å². The summed E-state index contributed by atoms with van der Waals surface area (Å²) in [4.78, 5) is 17.8. The second-order valence-corrected chi connectivity index (χ2v) is 5.43. The number of carbonyl (C=O) groups is 1. The summed E-state index contributed by atoms with van der Waals surface area (Å²) >= 11 is 0. The highest BCUT2D eigenvalue weighted by molar-refractivity contribution is 5.76. The number of hydrogen-bond acceptors (Lipinski definition) is 4. The van der Waals surface area contributed by atoms with Crippen LogP contribution in [0.25, 0.3) is 0 Å². The summed E-state index contributed by atoms with van der Waals surface area (Å²) in [5.41, 5.74) is 6.62. The lowest BCUT2D eigenvalue weighted by atomic mass is 9.96. The van der Waals surface area contributed by atoms with Gasteiger partial charge in [-0.05, 0) is 50.0 Å². The van der Waals surface area contributed by atoms with Crippen molar-refractivity contribution in [2.45, 2.75) is 32.7 Å². The van der Waals surface area contributed by atoms with E-state index in [0.29, 0.717) is 0 Å². The van der Waals surface area contributed by atoms with Crippen molar-refractivity contribution in [3.05, 3.63) is 23.9 Å². The monoisotopic (exact) mass is 276 g/mol. The third-order valence-electron chi connectivity index (χ3n) is 3.78. The van der Waals surface area contributed by atoms with E-state index in [-0.39, 0.29) is 11.8 Å². The highest BCUT2D eigenvalue weighted by Crippen LogP contribution is 2.19. The number of aromatic nitrogens is 1. The number of nitrogens with zero attached hydrogens (tertiary/aromatic N) is 2. The summed E-state index contributed by atoms with van der Waals surface area (Å²) in [6.45, 7) is 5.87. The number of nitrogens with two attached hydrogens (primary N) is 1. The smallest absolute Gasteiger partial charge is 0.220 e. The lowest BCUT2D eigenvalue weighted by molar-refractivity contribution is -0.123. The van der Waals surface area contributed by atoms with E-state index < -0.39 is 0 Å². The Labute approximate surface area is 120 Å². The molecule has 0 spiro atoms. The summed E-state index contributed by atoms with van der Waals surface area (Å²) in [5, 5.41) is 3.30. The van der Waals surface area contributed by atoms with Crippen LogP contribution in [0.3, 0.4) is 0 Å². The molecule has 0 atom stereocenters. The maximum Gasteiger partial charge on any atom is 0.220 e. The number of pyridine rings is 1. The minimum absolute atomic E-state index is 0.0606. The number of piperidine rings is 1. The van der Waals surface area contributed by atoms with Gasteiger partial charge in [0.25, 0.3) is 0 Å². The second kappa shape index (κ2) is 7.24. The standard InChI is InChI=1S/C15H24N4O/c1-2-6-17-14-10-12(3-7-18-14)11-19-8-4-13(5-9-19)15(16)20/h3,7,10,13H,2,4-6,8-9,11H2,1H3,(H2,16,20)(H,17,18). The number of primary amides is 1. The van der Waals surface area contributed by atoms with Crippen molar-refractivity contribution in [1.29, 1.82) is 0 Å². The fraction of sp³-hybridized carbons (Fsp3) is 0.600. The molecule has 0 aliphatic carbocycles. The molecule has 1 aliphatic rings. The molecule has 1 saturated heterocycles. The van der Waals surface area contributed by atoms with E-state index in [1.807, 2.05) is 6.20 Å².